The van der Waals surface area contributed by atoms with Crippen molar-refractivity contribution in [2.75, 3.05) is 19.4 Å². The standard InChI is InChI=1S/C8H18N2O3S/c1-5(7(4-11)14-2)10-3-6(9)8(12)13/h5-7,10-11H,3-4,9H2,1-2H3,(H,12,13). The molecule has 0 saturated heterocycles. The second-order valence-corrected chi connectivity index (χ2v) is 4.18. The van der Waals surface area contributed by atoms with Gasteiger partial charge in [0.2, 0.25) is 0 Å². The van der Waals surface area contributed by atoms with E-state index in [2.05, 4.69) is 5.32 Å². The van der Waals surface area contributed by atoms with E-state index in [1.807, 2.05) is 13.2 Å². The molecule has 3 unspecified atom stereocenters. The van der Waals surface area contributed by atoms with Gasteiger partial charge >= 0.3 is 5.97 Å². The molecule has 3 atom stereocenters. The van der Waals surface area contributed by atoms with E-state index in [0.717, 1.165) is 0 Å². The molecule has 0 bridgehead atoms. The first-order valence-electron chi connectivity index (χ1n) is 4.38. The first-order valence-corrected chi connectivity index (χ1v) is 5.67. The fraction of sp³-hybridized carbons (Fsp3) is 0.875. The zero-order valence-corrected chi connectivity index (χ0v) is 9.25. The second kappa shape index (κ2) is 7.05. The summed E-state index contributed by atoms with van der Waals surface area (Å²) in [6.45, 7) is 2.18. The summed E-state index contributed by atoms with van der Waals surface area (Å²) in [6.07, 6.45) is 1.90. The van der Waals surface area contributed by atoms with Crippen LogP contribution in [-0.2, 0) is 4.79 Å². The van der Waals surface area contributed by atoms with Crippen LogP contribution in [0.3, 0.4) is 0 Å². The van der Waals surface area contributed by atoms with E-state index >= 15 is 0 Å². The Balaban J connectivity index is 3.82. The predicted molar refractivity (Wildman–Crippen MR) is 57.5 cm³/mol. The molecule has 0 amide bonds. The van der Waals surface area contributed by atoms with Gasteiger partial charge in [0.1, 0.15) is 6.04 Å². The van der Waals surface area contributed by atoms with Gasteiger partial charge in [-0.1, -0.05) is 0 Å². The molecule has 0 aliphatic carbocycles. The molecule has 84 valence electrons. The van der Waals surface area contributed by atoms with Crippen LogP contribution in [0.5, 0.6) is 0 Å². The Bertz CT molecular complexity index is 176. The maximum atomic E-state index is 10.4. The average Bonchev–Trinajstić information content (AvgIpc) is 2.15. The summed E-state index contributed by atoms with van der Waals surface area (Å²) >= 11 is 1.54. The van der Waals surface area contributed by atoms with E-state index in [-0.39, 0.29) is 24.4 Å². The lowest BCUT2D eigenvalue weighted by Gasteiger charge is -2.22. The zero-order chi connectivity index (χ0) is 11.1. The molecule has 0 aliphatic rings. The number of hydrogen-bond donors (Lipinski definition) is 4. The molecule has 0 aliphatic heterocycles. The lowest BCUT2D eigenvalue weighted by Crippen LogP contribution is -2.46. The summed E-state index contributed by atoms with van der Waals surface area (Å²) in [5, 5.41) is 20.5. The average molecular weight is 222 g/mol. The Kier molecular flexibility index (Phi) is 6.90. The highest BCUT2D eigenvalue weighted by molar-refractivity contribution is 7.99. The molecule has 0 aromatic heterocycles. The highest BCUT2D eigenvalue weighted by Crippen LogP contribution is 2.09. The number of thioether (sulfide) groups is 1. The minimum absolute atomic E-state index is 0.0420. The molecule has 0 radical (unpaired) electrons. The fourth-order valence-electron chi connectivity index (χ4n) is 0.968. The monoisotopic (exact) mass is 222 g/mol. The molecule has 0 aromatic carbocycles. The quantitative estimate of drug-likeness (QED) is 0.446. The van der Waals surface area contributed by atoms with Crippen LogP contribution in [0, 0.1) is 0 Å². The predicted octanol–water partition coefficient (Wildman–Crippen LogP) is -0.900. The summed E-state index contributed by atoms with van der Waals surface area (Å²) in [6, 6.07) is -0.848. The lowest BCUT2D eigenvalue weighted by molar-refractivity contribution is -0.138. The van der Waals surface area contributed by atoms with Gasteiger partial charge in [-0.25, -0.2) is 0 Å². The van der Waals surface area contributed by atoms with Crippen molar-refractivity contribution in [3.05, 3.63) is 0 Å². The van der Waals surface area contributed by atoms with Crippen molar-refractivity contribution >= 4 is 17.7 Å². The van der Waals surface area contributed by atoms with Crippen molar-refractivity contribution < 1.29 is 15.0 Å². The van der Waals surface area contributed by atoms with Crippen molar-refractivity contribution in [3.63, 3.8) is 0 Å². The number of carbonyl (C=O) groups is 1. The van der Waals surface area contributed by atoms with Crippen molar-refractivity contribution in [2.45, 2.75) is 24.3 Å². The summed E-state index contributed by atoms with van der Waals surface area (Å²) in [4.78, 5) is 10.4. The zero-order valence-electron chi connectivity index (χ0n) is 8.43. The van der Waals surface area contributed by atoms with Crippen LogP contribution in [0.1, 0.15) is 6.92 Å². The highest BCUT2D eigenvalue weighted by Gasteiger charge is 2.17. The maximum Gasteiger partial charge on any atom is 0.321 e. The third-order valence-corrected chi connectivity index (χ3v) is 3.18. The van der Waals surface area contributed by atoms with Gasteiger partial charge in [0.05, 0.1) is 6.61 Å². The number of rotatable bonds is 7. The molecule has 14 heavy (non-hydrogen) atoms. The first kappa shape index (κ1) is 13.7. The van der Waals surface area contributed by atoms with E-state index in [0.29, 0.717) is 0 Å². The summed E-state index contributed by atoms with van der Waals surface area (Å²) < 4.78 is 0. The van der Waals surface area contributed by atoms with Gasteiger partial charge in [0.25, 0.3) is 0 Å². The Morgan fingerprint density at radius 3 is 2.57 bits per heavy atom. The van der Waals surface area contributed by atoms with Gasteiger partial charge in [-0.15, -0.1) is 0 Å². The minimum atomic E-state index is -1.02. The Hall–Kier alpha value is -0.300. The number of hydrogen-bond acceptors (Lipinski definition) is 5. The third kappa shape index (κ3) is 4.80. The van der Waals surface area contributed by atoms with Gasteiger partial charge in [0.15, 0.2) is 0 Å². The Morgan fingerprint density at radius 2 is 2.21 bits per heavy atom. The van der Waals surface area contributed by atoms with Crippen LogP contribution in [0.4, 0.5) is 0 Å². The number of aliphatic hydroxyl groups excluding tert-OH is 1. The summed E-state index contributed by atoms with van der Waals surface area (Å²) in [5.41, 5.74) is 5.32. The number of aliphatic carboxylic acids is 1. The van der Waals surface area contributed by atoms with Crippen molar-refractivity contribution in [1.29, 1.82) is 0 Å². The summed E-state index contributed by atoms with van der Waals surface area (Å²) in [7, 11) is 0. The van der Waals surface area contributed by atoms with Gasteiger partial charge in [-0.3, -0.25) is 4.79 Å². The minimum Gasteiger partial charge on any atom is -0.480 e. The van der Waals surface area contributed by atoms with E-state index in [9.17, 15) is 4.79 Å². The van der Waals surface area contributed by atoms with Crippen LogP contribution in [0.25, 0.3) is 0 Å². The molecule has 5 nitrogen and oxygen atoms in total. The molecular formula is C8H18N2O3S. The fourth-order valence-corrected chi connectivity index (χ4v) is 1.62. The van der Waals surface area contributed by atoms with E-state index in [4.69, 9.17) is 15.9 Å². The number of carboxylic acids is 1. The molecule has 0 fully saturated rings. The molecule has 0 heterocycles. The van der Waals surface area contributed by atoms with Gasteiger partial charge in [-0.05, 0) is 13.2 Å². The second-order valence-electron chi connectivity index (χ2n) is 3.10. The third-order valence-electron chi connectivity index (χ3n) is 2.02. The Morgan fingerprint density at radius 1 is 1.64 bits per heavy atom. The van der Waals surface area contributed by atoms with Crippen molar-refractivity contribution in [1.82, 2.24) is 5.32 Å². The van der Waals surface area contributed by atoms with Crippen LogP contribution < -0.4 is 11.1 Å². The SMILES string of the molecule is CSC(CO)C(C)NCC(N)C(=O)O. The van der Waals surface area contributed by atoms with Crippen LogP contribution in [0.15, 0.2) is 0 Å². The van der Waals surface area contributed by atoms with Gasteiger partial charge < -0.3 is 21.3 Å². The lowest BCUT2D eigenvalue weighted by atomic mass is 10.2. The number of nitrogens with two attached hydrogens (primary N) is 1. The first-order chi connectivity index (χ1) is 6.52. The molecule has 6 heteroatoms. The van der Waals surface area contributed by atoms with Crippen molar-refractivity contribution in [3.8, 4) is 0 Å². The van der Waals surface area contributed by atoms with E-state index in [1.54, 1.807) is 0 Å². The number of carboxylic acid groups (broad SMARTS) is 1. The molecule has 0 saturated carbocycles. The molecule has 0 spiro atoms. The number of nitrogens with one attached hydrogen (secondary N) is 1. The highest BCUT2D eigenvalue weighted by atomic mass is 32.2. The van der Waals surface area contributed by atoms with Crippen LogP contribution in [-0.4, -0.2) is 52.9 Å². The van der Waals surface area contributed by atoms with E-state index in [1.165, 1.54) is 11.8 Å². The molecular weight excluding hydrogens is 204 g/mol. The largest absolute Gasteiger partial charge is 0.480 e. The smallest absolute Gasteiger partial charge is 0.321 e. The number of aliphatic hydroxyl groups is 1. The Labute approximate surface area is 88.1 Å². The topological polar surface area (TPSA) is 95.6 Å². The van der Waals surface area contributed by atoms with Gasteiger partial charge in [-0.2, -0.15) is 11.8 Å². The van der Waals surface area contributed by atoms with Crippen LogP contribution in [0.2, 0.25) is 0 Å². The molecule has 0 rings (SSSR count). The van der Waals surface area contributed by atoms with E-state index < -0.39 is 12.0 Å². The molecule has 0 aromatic rings. The normalized spacial score (nSPS) is 17.4. The maximum absolute atomic E-state index is 10.4. The summed E-state index contributed by atoms with van der Waals surface area (Å²) in [5.74, 6) is -1.02. The van der Waals surface area contributed by atoms with Gasteiger partial charge in [0, 0.05) is 17.8 Å². The van der Waals surface area contributed by atoms with Crippen molar-refractivity contribution in [2.24, 2.45) is 5.73 Å². The molecule has 5 N–H and O–H groups in total. The van der Waals surface area contributed by atoms with Crippen LogP contribution >= 0.6 is 11.8 Å².